The summed E-state index contributed by atoms with van der Waals surface area (Å²) in [5.74, 6) is -0.181. The van der Waals surface area contributed by atoms with Gasteiger partial charge >= 0.3 is 6.18 Å². The zero-order valence-corrected chi connectivity index (χ0v) is 6.76. The number of rotatable bonds is 1. The first kappa shape index (κ1) is 11.0. The van der Waals surface area contributed by atoms with Crippen molar-refractivity contribution in [2.24, 2.45) is 5.92 Å². The first-order valence-electron chi connectivity index (χ1n) is 3.35. The van der Waals surface area contributed by atoms with Crippen LogP contribution in [-0.4, -0.2) is 19.3 Å². The van der Waals surface area contributed by atoms with Crippen molar-refractivity contribution in [3.05, 3.63) is 0 Å². The maximum Gasteiger partial charge on any atom is 0.389 e. The van der Waals surface area contributed by atoms with Gasteiger partial charge in [0.05, 0.1) is 0 Å². The van der Waals surface area contributed by atoms with Crippen LogP contribution >= 0.6 is 12.4 Å². The lowest BCUT2D eigenvalue weighted by atomic mass is 10.1. The van der Waals surface area contributed by atoms with Gasteiger partial charge in [-0.15, -0.1) is 12.4 Å². The van der Waals surface area contributed by atoms with Gasteiger partial charge in [0.25, 0.3) is 0 Å². The Hall–Kier alpha value is 0.0400. The van der Waals surface area contributed by atoms with Crippen LogP contribution in [-0.2, 0) is 0 Å². The fraction of sp³-hybridized carbons (Fsp3) is 1.00. The number of halogens is 4. The standard InChI is InChI=1S/C6H10F3N.ClH/c7-6(8,9)3-5-1-2-10-4-5;/h5,10H,1-4H2;1H/t5-;/m1./s1. The van der Waals surface area contributed by atoms with E-state index in [0.29, 0.717) is 13.0 Å². The Labute approximate surface area is 69.8 Å². The molecule has 0 aromatic heterocycles. The summed E-state index contributed by atoms with van der Waals surface area (Å²) >= 11 is 0. The summed E-state index contributed by atoms with van der Waals surface area (Å²) in [6, 6.07) is 0. The normalized spacial score (nSPS) is 24.8. The van der Waals surface area contributed by atoms with Gasteiger partial charge in [0.1, 0.15) is 0 Å². The van der Waals surface area contributed by atoms with Crippen LogP contribution in [0, 0.1) is 5.92 Å². The van der Waals surface area contributed by atoms with Crippen molar-refractivity contribution in [2.75, 3.05) is 13.1 Å². The van der Waals surface area contributed by atoms with Crippen LogP contribution in [0.3, 0.4) is 0 Å². The summed E-state index contributed by atoms with van der Waals surface area (Å²) < 4.78 is 35.0. The zero-order chi connectivity index (χ0) is 7.61. The van der Waals surface area contributed by atoms with Crippen molar-refractivity contribution >= 4 is 12.4 Å². The van der Waals surface area contributed by atoms with Gasteiger partial charge in [-0.1, -0.05) is 0 Å². The number of hydrogen-bond acceptors (Lipinski definition) is 1. The number of hydrogen-bond donors (Lipinski definition) is 1. The molecule has 0 aromatic carbocycles. The Morgan fingerprint density at radius 2 is 2.00 bits per heavy atom. The van der Waals surface area contributed by atoms with Gasteiger partial charge in [-0.3, -0.25) is 0 Å². The average molecular weight is 190 g/mol. The molecule has 11 heavy (non-hydrogen) atoms. The topological polar surface area (TPSA) is 12.0 Å². The average Bonchev–Trinajstić information content (AvgIpc) is 2.12. The molecule has 1 heterocycles. The maximum absolute atomic E-state index is 11.7. The summed E-state index contributed by atoms with van der Waals surface area (Å²) in [4.78, 5) is 0. The Morgan fingerprint density at radius 1 is 1.36 bits per heavy atom. The molecule has 1 nitrogen and oxygen atoms in total. The molecule has 0 aliphatic carbocycles. The highest BCUT2D eigenvalue weighted by atomic mass is 35.5. The fourth-order valence-corrected chi connectivity index (χ4v) is 1.22. The van der Waals surface area contributed by atoms with Gasteiger partial charge < -0.3 is 5.32 Å². The molecule has 1 rings (SSSR count). The van der Waals surface area contributed by atoms with E-state index in [-0.39, 0.29) is 18.3 Å². The second kappa shape index (κ2) is 4.16. The molecule has 1 fully saturated rings. The summed E-state index contributed by atoms with van der Waals surface area (Å²) in [5, 5.41) is 2.89. The Morgan fingerprint density at radius 3 is 2.36 bits per heavy atom. The molecular formula is C6H11ClF3N. The second-order valence-electron chi connectivity index (χ2n) is 2.68. The largest absolute Gasteiger partial charge is 0.389 e. The smallest absolute Gasteiger partial charge is 0.316 e. The van der Waals surface area contributed by atoms with Gasteiger partial charge in [0, 0.05) is 6.42 Å². The SMILES string of the molecule is Cl.FC(F)(F)C[C@H]1CCNC1. The van der Waals surface area contributed by atoms with E-state index in [0.717, 1.165) is 6.54 Å². The molecule has 0 radical (unpaired) electrons. The molecular weight excluding hydrogens is 179 g/mol. The lowest BCUT2D eigenvalue weighted by Crippen LogP contribution is -2.17. The van der Waals surface area contributed by atoms with Gasteiger partial charge in [-0.05, 0) is 25.4 Å². The minimum atomic E-state index is -3.98. The minimum Gasteiger partial charge on any atom is -0.316 e. The minimum absolute atomic E-state index is 0. The van der Waals surface area contributed by atoms with Gasteiger partial charge in [0.15, 0.2) is 0 Å². The molecule has 0 bridgehead atoms. The molecule has 1 atom stereocenters. The quantitative estimate of drug-likeness (QED) is 0.665. The van der Waals surface area contributed by atoms with Gasteiger partial charge in [0.2, 0.25) is 0 Å². The summed E-state index contributed by atoms with van der Waals surface area (Å²) in [7, 11) is 0. The Bertz CT molecular complexity index is 109. The van der Waals surface area contributed by atoms with E-state index >= 15 is 0 Å². The maximum atomic E-state index is 11.7. The third-order valence-corrected chi connectivity index (χ3v) is 1.68. The Kier molecular flexibility index (Phi) is 4.18. The predicted molar refractivity (Wildman–Crippen MR) is 38.9 cm³/mol. The van der Waals surface area contributed by atoms with E-state index in [1.54, 1.807) is 0 Å². The molecule has 1 aliphatic rings. The van der Waals surface area contributed by atoms with Crippen molar-refractivity contribution in [2.45, 2.75) is 19.0 Å². The molecule has 1 aliphatic heterocycles. The Balaban J connectivity index is 0.000001000. The molecule has 0 amide bonds. The van der Waals surface area contributed by atoms with Crippen molar-refractivity contribution in [1.82, 2.24) is 5.32 Å². The van der Waals surface area contributed by atoms with Gasteiger partial charge in [-0.25, -0.2) is 0 Å². The molecule has 1 saturated heterocycles. The highest BCUT2D eigenvalue weighted by Gasteiger charge is 2.32. The van der Waals surface area contributed by atoms with Crippen LogP contribution in [0.5, 0.6) is 0 Å². The second-order valence-corrected chi connectivity index (χ2v) is 2.68. The van der Waals surface area contributed by atoms with E-state index < -0.39 is 12.6 Å². The van der Waals surface area contributed by atoms with E-state index in [1.807, 2.05) is 0 Å². The molecule has 0 unspecified atom stereocenters. The van der Waals surface area contributed by atoms with Crippen LogP contribution in [0.25, 0.3) is 0 Å². The fourth-order valence-electron chi connectivity index (χ4n) is 1.22. The monoisotopic (exact) mass is 189 g/mol. The van der Waals surface area contributed by atoms with Crippen LogP contribution in [0.1, 0.15) is 12.8 Å². The summed E-state index contributed by atoms with van der Waals surface area (Å²) in [6.07, 6.45) is -3.93. The number of alkyl halides is 3. The molecule has 68 valence electrons. The highest BCUT2D eigenvalue weighted by molar-refractivity contribution is 5.85. The van der Waals surface area contributed by atoms with E-state index in [1.165, 1.54) is 0 Å². The van der Waals surface area contributed by atoms with E-state index in [2.05, 4.69) is 5.32 Å². The summed E-state index contributed by atoms with van der Waals surface area (Å²) in [5.41, 5.74) is 0. The molecule has 1 N–H and O–H groups in total. The van der Waals surface area contributed by atoms with E-state index in [9.17, 15) is 13.2 Å². The van der Waals surface area contributed by atoms with Crippen molar-refractivity contribution in [1.29, 1.82) is 0 Å². The van der Waals surface area contributed by atoms with Crippen LogP contribution < -0.4 is 5.32 Å². The molecule has 0 aromatic rings. The predicted octanol–water partition coefficient (Wildman–Crippen LogP) is 1.97. The first-order valence-corrected chi connectivity index (χ1v) is 3.35. The van der Waals surface area contributed by atoms with Crippen molar-refractivity contribution in [3.8, 4) is 0 Å². The highest BCUT2D eigenvalue weighted by Crippen LogP contribution is 2.27. The van der Waals surface area contributed by atoms with Crippen LogP contribution in [0.4, 0.5) is 13.2 Å². The molecule has 5 heteroatoms. The van der Waals surface area contributed by atoms with Crippen molar-refractivity contribution in [3.63, 3.8) is 0 Å². The summed E-state index contributed by atoms with van der Waals surface area (Å²) in [6.45, 7) is 1.26. The number of nitrogens with one attached hydrogen (secondary N) is 1. The third-order valence-electron chi connectivity index (χ3n) is 1.68. The van der Waals surface area contributed by atoms with E-state index in [4.69, 9.17) is 0 Å². The molecule has 0 saturated carbocycles. The zero-order valence-electron chi connectivity index (χ0n) is 5.95. The third kappa shape index (κ3) is 4.48. The lowest BCUT2D eigenvalue weighted by molar-refractivity contribution is -0.143. The van der Waals surface area contributed by atoms with Crippen molar-refractivity contribution < 1.29 is 13.2 Å². The lowest BCUT2D eigenvalue weighted by Gasteiger charge is -2.10. The van der Waals surface area contributed by atoms with Crippen LogP contribution in [0.15, 0.2) is 0 Å². The van der Waals surface area contributed by atoms with Crippen LogP contribution in [0.2, 0.25) is 0 Å². The van der Waals surface area contributed by atoms with Gasteiger partial charge in [-0.2, -0.15) is 13.2 Å². The molecule has 0 spiro atoms. The first-order chi connectivity index (χ1) is 4.58.